The molecule has 0 atom stereocenters. The predicted molar refractivity (Wildman–Crippen MR) is 55.8 cm³/mol. The van der Waals surface area contributed by atoms with Gasteiger partial charge in [0, 0.05) is 12.4 Å². The average molecular weight is 253 g/mol. The maximum Gasteiger partial charge on any atom is 0.267 e. The van der Waals surface area contributed by atoms with Crippen molar-refractivity contribution < 1.29 is 4.79 Å². The number of carbonyl (C=O) groups excluding carboxylic acids is 1. The normalized spacial score (nSPS) is 10.7. The van der Waals surface area contributed by atoms with Crippen molar-refractivity contribution in [1.29, 1.82) is 0 Å². The molecule has 5 heteroatoms. The third-order valence-corrected chi connectivity index (χ3v) is 2.59. The summed E-state index contributed by atoms with van der Waals surface area (Å²) in [7, 11) is 1.69. The largest absolute Gasteiger partial charge is 0.364 e. The molecule has 1 aromatic carbocycles. The van der Waals surface area contributed by atoms with Crippen molar-refractivity contribution in [1.82, 2.24) is 9.78 Å². The number of benzene rings is 1. The molecule has 1 aromatic heterocycles. The summed E-state index contributed by atoms with van der Waals surface area (Å²) in [6.45, 7) is 0. The van der Waals surface area contributed by atoms with Gasteiger partial charge in [-0.2, -0.15) is 5.10 Å². The van der Waals surface area contributed by atoms with Gasteiger partial charge in [-0.05, 0) is 28.1 Å². The van der Waals surface area contributed by atoms with E-state index in [-0.39, 0.29) is 0 Å². The van der Waals surface area contributed by atoms with E-state index in [1.165, 1.54) is 4.68 Å². The number of amides is 1. The minimum Gasteiger partial charge on any atom is -0.364 e. The lowest BCUT2D eigenvalue weighted by molar-refractivity contribution is 0.0993. The molecule has 0 unspecified atom stereocenters. The van der Waals surface area contributed by atoms with Crippen LogP contribution < -0.4 is 5.73 Å². The van der Waals surface area contributed by atoms with E-state index in [2.05, 4.69) is 27.1 Å². The third kappa shape index (κ3) is 1.21. The molecule has 14 heavy (non-hydrogen) atoms. The van der Waals surface area contributed by atoms with E-state index < -0.39 is 5.91 Å². The van der Waals surface area contributed by atoms with Crippen LogP contribution in [0, 0.1) is 6.07 Å². The first-order valence-corrected chi connectivity index (χ1v) is 4.73. The molecule has 0 fully saturated rings. The third-order valence-electron chi connectivity index (χ3n) is 1.99. The van der Waals surface area contributed by atoms with Gasteiger partial charge in [-0.25, -0.2) is 0 Å². The first kappa shape index (κ1) is 9.21. The average Bonchev–Trinajstić information content (AvgIpc) is 2.42. The summed E-state index contributed by atoms with van der Waals surface area (Å²) in [4.78, 5) is 11.1. The fraction of sp³-hybridized carbons (Fsp3) is 0.111. The van der Waals surface area contributed by atoms with E-state index in [9.17, 15) is 4.79 Å². The number of halogens is 1. The molecule has 2 aromatic rings. The van der Waals surface area contributed by atoms with Gasteiger partial charge in [0.1, 0.15) is 11.2 Å². The number of rotatable bonds is 1. The van der Waals surface area contributed by atoms with Crippen LogP contribution in [-0.4, -0.2) is 15.7 Å². The molecule has 2 N–H and O–H groups in total. The Morgan fingerprint density at radius 2 is 2.43 bits per heavy atom. The van der Waals surface area contributed by atoms with Crippen molar-refractivity contribution >= 4 is 32.7 Å². The molecule has 1 amide bonds. The Hall–Kier alpha value is -1.36. The maximum absolute atomic E-state index is 11.1. The van der Waals surface area contributed by atoms with E-state index in [1.54, 1.807) is 19.2 Å². The lowest BCUT2D eigenvalue weighted by atomic mass is 10.2. The van der Waals surface area contributed by atoms with Gasteiger partial charge < -0.3 is 5.73 Å². The maximum atomic E-state index is 11.1. The molecule has 0 aliphatic heterocycles. The fourth-order valence-electron chi connectivity index (χ4n) is 1.42. The minimum atomic E-state index is -0.479. The van der Waals surface area contributed by atoms with Crippen LogP contribution in [0.3, 0.4) is 0 Å². The number of fused-ring (bicyclic) bond motifs is 1. The summed E-state index contributed by atoms with van der Waals surface area (Å²) >= 11 is 3.31. The highest BCUT2D eigenvalue weighted by molar-refractivity contribution is 9.10. The summed E-state index contributed by atoms with van der Waals surface area (Å²) in [5, 5.41) is 4.91. The second-order valence-corrected chi connectivity index (χ2v) is 3.68. The van der Waals surface area contributed by atoms with Crippen molar-refractivity contribution in [3.8, 4) is 0 Å². The van der Waals surface area contributed by atoms with Crippen molar-refractivity contribution in [2.75, 3.05) is 0 Å². The van der Waals surface area contributed by atoms with E-state index in [0.29, 0.717) is 11.2 Å². The summed E-state index contributed by atoms with van der Waals surface area (Å²) in [6.07, 6.45) is 0. The van der Waals surface area contributed by atoms with Crippen LogP contribution in [0.25, 0.3) is 10.9 Å². The Balaban J connectivity index is 2.90. The van der Waals surface area contributed by atoms with Crippen LogP contribution in [0.5, 0.6) is 0 Å². The second kappa shape index (κ2) is 3.09. The van der Waals surface area contributed by atoms with E-state index in [0.717, 1.165) is 9.86 Å². The van der Waals surface area contributed by atoms with Crippen LogP contribution in [0.4, 0.5) is 0 Å². The summed E-state index contributed by atoms with van der Waals surface area (Å²) in [6, 6.07) is 6.44. The van der Waals surface area contributed by atoms with Crippen molar-refractivity contribution in [2.45, 2.75) is 0 Å². The van der Waals surface area contributed by atoms with Crippen LogP contribution in [0.15, 0.2) is 16.6 Å². The zero-order chi connectivity index (χ0) is 10.3. The molecule has 0 bridgehead atoms. The SMILES string of the molecule is Cn1nc2c(Br)[c]ccc2c1C(N)=O. The highest BCUT2D eigenvalue weighted by atomic mass is 79.9. The molecule has 2 rings (SSSR count). The van der Waals surface area contributed by atoms with Crippen LogP contribution in [0.2, 0.25) is 0 Å². The molecule has 1 heterocycles. The number of hydrogen-bond acceptors (Lipinski definition) is 2. The molecule has 4 nitrogen and oxygen atoms in total. The van der Waals surface area contributed by atoms with Gasteiger partial charge in [0.15, 0.2) is 0 Å². The Labute approximate surface area is 88.8 Å². The molecule has 0 saturated carbocycles. The Kier molecular flexibility index (Phi) is 2.03. The van der Waals surface area contributed by atoms with E-state index >= 15 is 0 Å². The zero-order valence-corrected chi connectivity index (χ0v) is 9.00. The van der Waals surface area contributed by atoms with Gasteiger partial charge in [0.05, 0.1) is 4.47 Å². The first-order valence-electron chi connectivity index (χ1n) is 3.94. The predicted octanol–water partition coefficient (Wildman–Crippen LogP) is 1.23. The number of nitrogens with zero attached hydrogens (tertiary/aromatic N) is 2. The monoisotopic (exact) mass is 252 g/mol. The number of aryl methyl sites for hydroxylation is 1. The first-order chi connectivity index (χ1) is 6.61. The van der Waals surface area contributed by atoms with Gasteiger partial charge in [-0.1, -0.05) is 6.07 Å². The zero-order valence-electron chi connectivity index (χ0n) is 7.41. The van der Waals surface area contributed by atoms with Gasteiger partial charge in [0.2, 0.25) is 0 Å². The lowest BCUT2D eigenvalue weighted by Crippen LogP contribution is -2.15. The van der Waals surface area contributed by atoms with Gasteiger partial charge in [-0.3, -0.25) is 9.48 Å². The quantitative estimate of drug-likeness (QED) is 0.830. The van der Waals surface area contributed by atoms with E-state index in [4.69, 9.17) is 5.73 Å². The topological polar surface area (TPSA) is 60.9 Å². The van der Waals surface area contributed by atoms with Crippen LogP contribution in [0.1, 0.15) is 10.5 Å². The van der Waals surface area contributed by atoms with Gasteiger partial charge >= 0.3 is 0 Å². The molecule has 0 aliphatic rings. The molecular weight excluding hydrogens is 246 g/mol. The van der Waals surface area contributed by atoms with Crippen molar-refractivity contribution in [3.05, 3.63) is 28.4 Å². The molecule has 0 spiro atoms. The minimum absolute atomic E-state index is 0.412. The van der Waals surface area contributed by atoms with Crippen LogP contribution in [-0.2, 0) is 7.05 Å². The number of hydrogen-bond donors (Lipinski definition) is 1. The molecule has 1 radical (unpaired) electrons. The summed E-state index contributed by atoms with van der Waals surface area (Å²) < 4.78 is 2.21. The molecular formula is C9H7BrN3O. The van der Waals surface area contributed by atoms with E-state index in [1.807, 2.05) is 0 Å². The number of carbonyl (C=O) groups is 1. The van der Waals surface area contributed by atoms with Crippen LogP contribution >= 0.6 is 15.9 Å². The second-order valence-electron chi connectivity index (χ2n) is 2.89. The number of aromatic nitrogens is 2. The Morgan fingerprint density at radius 3 is 3.07 bits per heavy atom. The molecule has 71 valence electrons. The Bertz CT molecular complexity index is 518. The fourth-order valence-corrected chi connectivity index (χ4v) is 1.84. The molecule has 0 saturated heterocycles. The highest BCUT2D eigenvalue weighted by Gasteiger charge is 2.14. The molecule has 0 aliphatic carbocycles. The van der Waals surface area contributed by atoms with Crippen molar-refractivity contribution in [2.24, 2.45) is 12.8 Å². The standard InChI is InChI=1S/C9H7BrN3O/c1-13-8(9(11)14)5-3-2-4-6(10)7(5)12-13/h2-3H,1H3,(H2,11,14). The summed E-state index contributed by atoms with van der Waals surface area (Å²) in [5.41, 5.74) is 6.36. The van der Waals surface area contributed by atoms with Gasteiger partial charge in [-0.15, -0.1) is 0 Å². The summed E-state index contributed by atoms with van der Waals surface area (Å²) in [5.74, 6) is -0.479. The smallest absolute Gasteiger partial charge is 0.267 e. The Morgan fingerprint density at radius 1 is 1.71 bits per heavy atom. The highest BCUT2D eigenvalue weighted by Crippen LogP contribution is 2.24. The number of nitrogens with two attached hydrogens (primary N) is 1. The number of primary amides is 1. The van der Waals surface area contributed by atoms with Gasteiger partial charge in [0.25, 0.3) is 5.91 Å². The lowest BCUT2D eigenvalue weighted by Gasteiger charge is -1.95. The van der Waals surface area contributed by atoms with Crippen molar-refractivity contribution in [3.63, 3.8) is 0 Å².